The molecular weight excluding hydrogens is 240 g/mol. The van der Waals surface area contributed by atoms with Gasteiger partial charge < -0.3 is 14.2 Å². The van der Waals surface area contributed by atoms with Crippen LogP contribution in [0.1, 0.15) is 31.1 Å². The average Bonchev–Trinajstić information content (AvgIpc) is 2.99. The summed E-state index contributed by atoms with van der Waals surface area (Å²) in [7, 11) is 0. The molecule has 0 aliphatic carbocycles. The number of ether oxygens (including phenoxy) is 3. The molecule has 6 nitrogen and oxygen atoms in total. The van der Waals surface area contributed by atoms with E-state index in [9.17, 15) is 14.4 Å². The quantitative estimate of drug-likeness (QED) is 0.659. The fourth-order valence-electron chi connectivity index (χ4n) is 2.51. The van der Waals surface area contributed by atoms with Crippen LogP contribution in [0.4, 0.5) is 0 Å². The first kappa shape index (κ1) is 9.64. The van der Waals surface area contributed by atoms with E-state index in [-0.39, 0.29) is 71.1 Å². The topological polar surface area (TPSA) is 78.9 Å². The third kappa shape index (κ3) is 0.919. The van der Waals surface area contributed by atoms with Gasteiger partial charge in [0.05, 0.1) is 0 Å². The highest BCUT2D eigenvalue weighted by Gasteiger charge is 2.44. The molecule has 0 saturated heterocycles. The number of benzene rings is 1. The molecule has 0 spiro atoms. The van der Waals surface area contributed by atoms with Gasteiger partial charge in [-0.3, -0.25) is 14.4 Å². The summed E-state index contributed by atoms with van der Waals surface area (Å²) in [6, 6.07) is 0. The second-order valence-electron chi connectivity index (χ2n) is 4.25. The van der Waals surface area contributed by atoms with Crippen molar-refractivity contribution in [2.45, 2.75) is 0 Å². The predicted molar refractivity (Wildman–Crippen MR) is 55.9 cm³/mol. The Hall–Kier alpha value is -2.37. The van der Waals surface area contributed by atoms with Crippen LogP contribution in [0.5, 0.6) is 17.2 Å². The van der Waals surface area contributed by atoms with E-state index in [4.69, 9.17) is 14.2 Å². The highest BCUT2D eigenvalue weighted by molar-refractivity contribution is 6.19. The molecule has 3 aliphatic rings. The zero-order valence-corrected chi connectivity index (χ0v) is 9.07. The van der Waals surface area contributed by atoms with Gasteiger partial charge in [-0.1, -0.05) is 0 Å². The third-order valence-electron chi connectivity index (χ3n) is 3.24. The fraction of sp³-hybridized carbons (Fsp3) is 0.250. The number of carbonyl (C=O) groups is 3. The molecule has 3 aliphatic heterocycles. The minimum Gasteiger partial charge on any atom is -0.484 e. The SMILES string of the molecule is O=C1COc2c1c1c(c3c2C(=O)CO3)C(=O)CO1. The number of Topliss-reactive ketones (excluding diaryl/α,β-unsaturated/α-hetero) is 3. The highest BCUT2D eigenvalue weighted by atomic mass is 16.5. The third-order valence-corrected chi connectivity index (χ3v) is 3.24. The lowest BCUT2D eigenvalue weighted by Gasteiger charge is -2.08. The van der Waals surface area contributed by atoms with Gasteiger partial charge in [-0.05, 0) is 0 Å². The number of carbonyl (C=O) groups excluding carboxylic acids is 3. The number of hydrogen-bond acceptors (Lipinski definition) is 6. The van der Waals surface area contributed by atoms with Crippen LogP contribution in [0.25, 0.3) is 0 Å². The van der Waals surface area contributed by atoms with Crippen molar-refractivity contribution >= 4 is 17.3 Å². The first-order chi connectivity index (χ1) is 8.68. The molecule has 0 aromatic heterocycles. The van der Waals surface area contributed by atoms with Crippen molar-refractivity contribution in [2.24, 2.45) is 0 Å². The number of rotatable bonds is 0. The van der Waals surface area contributed by atoms with Crippen molar-refractivity contribution in [1.82, 2.24) is 0 Å². The summed E-state index contributed by atoms with van der Waals surface area (Å²) in [6.07, 6.45) is 0. The molecule has 90 valence electrons. The maximum Gasteiger partial charge on any atom is 0.207 e. The lowest BCUT2D eigenvalue weighted by Crippen LogP contribution is -2.01. The van der Waals surface area contributed by atoms with Gasteiger partial charge in [0.25, 0.3) is 0 Å². The molecule has 6 heteroatoms. The van der Waals surface area contributed by atoms with E-state index >= 15 is 0 Å². The average molecular weight is 246 g/mol. The van der Waals surface area contributed by atoms with Crippen molar-refractivity contribution < 1.29 is 28.6 Å². The summed E-state index contributed by atoms with van der Waals surface area (Å²) in [6.45, 7) is -0.408. The maximum atomic E-state index is 11.8. The Balaban J connectivity index is 2.17. The molecule has 18 heavy (non-hydrogen) atoms. The summed E-state index contributed by atoms with van der Waals surface area (Å²) in [5, 5.41) is 0. The van der Waals surface area contributed by atoms with E-state index in [2.05, 4.69) is 0 Å². The monoisotopic (exact) mass is 246 g/mol. The molecule has 0 bridgehead atoms. The van der Waals surface area contributed by atoms with Gasteiger partial charge in [-0.15, -0.1) is 0 Å². The zero-order valence-electron chi connectivity index (χ0n) is 9.07. The molecule has 0 N–H and O–H groups in total. The van der Waals surface area contributed by atoms with Gasteiger partial charge in [-0.25, -0.2) is 0 Å². The van der Waals surface area contributed by atoms with Crippen molar-refractivity contribution in [2.75, 3.05) is 19.8 Å². The summed E-state index contributed by atoms with van der Waals surface area (Å²) in [4.78, 5) is 35.3. The van der Waals surface area contributed by atoms with Crippen LogP contribution in [0.15, 0.2) is 0 Å². The molecule has 1 aromatic carbocycles. The summed E-state index contributed by atoms with van der Waals surface area (Å²) in [5.74, 6) is -0.238. The minimum absolute atomic E-state index is 0.136. The molecular formula is C12H6O6. The van der Waals surface area contributed by atoms with Crippen molar-refractivity contribution in [1.29, 1.82) is 0 Å². The minimum atomic E-state index is -0.279. The lowest BCUT2D eigenvalue weighted by atomic mass is 9.98. The van der Waals surface area contributed by atoms with Crippen LogP contribution in [-0.2, 0) is 0 Å². The van der Waals surface area contributed by atoms with Crippen LogP contribution in [0.2, 0.25) is 0 Å². The number of ketones is 3. The van der Waals surface area contributed by atoms with Crippen molar-refractivity contribution in [3.63, 3.8) is 0 Å². The molecule has 3 heterocycles. The fourth-order valence-corrected chi connectivity index (χ4v) is 2.51. The number of hydrogen-bond donors (Lipinski definition) is 0. The van der Waals surface area contributed by atoms with Crippen molar-refractivity contribution in [3.8, 4) is 17.2 Å². The molecule has 0 atom stereocenters. The summed E-state index contributed by atoms with van der Waals surface area (Å²) in [5.41, 5.74) is 0.607. The molecule has 0 fully saturated rings. The first-order valence-corrected chi connectivity index (χ1v) is 5.40. The van der Waals surface area contributed by atoms with E-state index in [1.54, 1.807) is 0 Å². The molecule has 0 saturated carbocycles. The Morgan fingerprint density at radius 3 is 1.11 bits per heavy atom. The molecule has 0 unspecified atom stereocenters. The van der Waals surface area contributed by atoms with Gasteiger partial charge in [0.1, 0.15) is 33.9 Å². The Kier molecular flexibility index (Phi) is 1.55. The van der Waals surface area contributed by atoms with E-state index in [1.165, 1.54) is 0 Å². The van der Waals surface area contributed by atoms with E-state index < -0.39 is 0 Å². The molecule has 1 aromatic rings. The predicted octanol–water partition coefficient (Wildman–Crippen LogP) is 0.412. The Morgan fingerprint density at radius 2 is 0.833 bits per heavy atom. The van der Waals surface area contributed by atoms with Gasteiger partial charge in [0, 0.05) is 0 Å². The van der Waals surface area contributed by atoms with E-state index in [1.807, 2.05) is 0 Å². The standard InChI is InChI=1S/C12H6O6/c13-4-1-16-10-7(4)11-9(6(15)3-17-11)12-8(10)5(14)2-18-12/h1-3H2. The second kappa shape index (κ2) is 2.90. The largest absolute Gasteiger partial charge is 0.484 e. The van der Waals surface area contributed by atoms with E-state index in [0.717, 1.165) is 0 Å². The zero-order chi connectivity index (χ0) is 12.4. The van der Waals surface area contributed by atoms with Gasteiger partial charge in [0.15, 0.2) is 19.8 Å². The highest BCUT2D eigenvalue weighted by Crippen LogP contribution is 2.50. The summed E-state index contributed by atoms with van der Waals surface area (Å²) >= 11 is 0. The van der Waals surface area contributed by atoms with E-state index in [0.29, 0.717) is 0 Å². The van der Waals surface area contributed by atoms with Gasteiger partial charge in [-0.2, -0.15) is 0 Å². The second-order valence-corrected chi connectivity index (χ2v) is 4.25. The lowest BCUT2D eigenvalue weighted by molar-refractivity contribution is 0.0942. The molecule has 0 radical (unpaired) electrons. The van der Waals surface area contributed by atoms with Gasteiger partial charge in [0.2, 0.25) is 17.3 Å². The normalized spacial score (nSPS) is 19.0. The Bertz CT molecular complexity index is 545. The van der Waals surface area contributed by atoms with Crippen LogP contribution >= 0.6 is 0 Å². The first-order valence-electron chi connectivity index (χ1n) is 5.40. The molecule has 0 amide bonds. The van der Waals surface area contributed by atoms with Crippen LogP contribution in [0, 0.1) is 0 Å². The summed E-state index contributed by atoms with van der Waals surface area (Å²) < 4.78 is 15.7. The van der Waals surface area contributed by atoms with Crippen LogP contribution in [-0.4, -0.2) is 37.2 Å². The molecule has 4 rings (SSSR count). The smallest absolute Gasteiger partial charge is 0.207 e. The van der Waals surface area contributed by atoms with Crippen molar-refractivity contribution in [3.05, 3.63) is 16.7 Å². The van der Waals surface area contributed by atoms with Gasteiger partial charge >= 0.3 is 0 Å². The Labute approximate surface area is 100 Å². The maximum absolute atomic E-state index is 11.8. The van der Waals surface area contributed by atoms with Crippen LogP contribution < -0.4 is 14.2 Å². The van der Waals surface area contributed by atoms with Crippen LogP contribution in [0.3, 0.4) is 0 Å². The number of fused-ring (bicyclic) bond motifs is 6. The Morgan fingerprint density at radius 1 is 0.556 bits per heavy atom.